The van der Waals surface area contributed by atoms with E-state index in [-0.39, 0.29) is 5.75 Å². The molecule has 0 aliphatic carbocycles. The second kappa shape index (κ2) is 8.61. The maximum absolute atomic E-state index is 12.3. The molecule has 0 unspecified atom stereocenters. The van der Waals surface area contributed by atoms with Crippen molar-refractivity contribution >= 4 is 12.1 Å². The Morgan fingerprint density at radius 1 is 0.962 bits per heavy atom. The summed E-state index contributed by atoms with van der Waals surface area (Å²) in [6.45, 7) is 0. The van der Waals surface area contributed by atoms with Crippen molar-refractivity contribution in [3.63, 3.8) is 0 Å². The van der Waals surface area contributed by atoms with Gasteiger partial charge in [0, 0.05) is 5.56 Å². The van der Waals surface area contributed by atoms with Crippen LogP contribution in [0.4, 0.5) is 0 Å². The molecule has 0 atom stereocenters. The molecule has 0 heterocycles. The van der Waals surface area contributed by atoms with E-state index >= 15 is 0 Å². The zero-order chi connectivity index (χ0) is 19.1. The quantitative estimate of drug-likeness (QED) is 0.580. The molecule has 138 valence electrons. The van der Waals surface area contributed by atoms with E-state index in [1.54, 1.807) is 12.1 Å². The van der Waals surface area contributed by atoms with Crippen molar-refractivity contribution in [2.45, 2.75) is 0 Å². The van der Waals surface area contributed by atoms with Gasteiger partial charge in [-0.2, -0.15) is 5.10 Å². The first-order valence-corrected chi connectivity index (χ1v) is 7.54. The number of benzene rings is 2. The Morgan fingerprint density at radius 2 is 1.58 bits per heavy atom. The van der Waals surface area contributed by atoms with Crippen LogP contribution in [0.25, 0.3) is 0 Å². The van der Waals surface area contributed by atoms with Crippen LogP contribution >= 0.6 is 0 Å². The fourth-order valence-electron chi connectivity index (χ4n) is 2.22. The lowest BCUT2D eigenvalue weighted by atomic mass is 10.1. The fraction of sp³-hybridized carbons (Fsp3) is 0.222. The molecule has 2 aromatic rings. The van der Waals surface area contributed by atoms with Crippen molar-refractivity contribution in [2.75, 3.05) is 28.4 Å². The summed E-state index contributed by atoms with van der Waals surface area (Å²) in [6, 6.07) is 7.74. The van der Waals surface area contributed by atoms with E-state index in [1.807, 2.05) is 0 Å². The van der Waals surface area contributed by atoms with Gasteiger partial charge in [0.2, 0.25) is 5.75 Å². The van der Waals surface area contributed by atoms with Crippen LogP contribution in [0.5, 0.6) is 28.7 Å². The number of nitrogens with one attached hydrogen (secondary N) is 1. The van der Waals surface area contributed by atoms with Crippen molar-refractivity contribution in [3.8, 4) is 28.7 Å². The standard InChI is InChI=1S/C18H20N2O6/c1-23-14-7-11(5-6-13(14)21)10-19-20-18(22)12-8-15(24-2)17(26-4)16(9-12)25-3/h5-10,21H,1-4H3,(H,20,22)/b19-10-. The van der Waals surface area contributed by atoms with Crippen molar-refractivity contribution in [1.29, 1.82) is 0 Å². The van der Waals surface area contributed by atoms with Crippen LogP contribution in [0, 0.1) is 0 Å². The lowest BCUT2D eigenvalue weighted by Crippen LogP contribution is -2.18. The van der Waals surface area contributed by atoms with Crippen LogP contribution in [0.2, 0.25) is 0 Å². The number of amides is 1. The molecular formula is C18H20N2O6. The molecule has 2 aromatic carbocycles. The van der Waals surface area contributed by atoms with Crippen LogP contribution < -0.4 is 24.4 Å². The van der Waals surface area contributed by atoms with Gasteiger partial charge >= 0.3 is 0 Å². The summed E-state index contributed by atoms with van der Waals surface area (Å²) in [5.74, 6) is 1.00. The minimum absolute atomic E-state index is 0.0195. The van der Waals surface area contributed by atoms with Crippen molar-refractivity contribution < 1.29 is 28.8 Å². The molecule has 0 spiro atoms. The van der Waals surface area contributed by atoms with Gasteiger partial charge in [0.05, 0.1) is 34.7 Å². The molecule has 0 aliphatic rings. The molecule has 8 heteroatoms. The Hall–Kier alpha value is -3.42. The highest BCUT2D eigenvalue weighted by molar-refractivity contribution is 5.96. The number of hydrogen-bond donors (Lipinski definition) is 2. The fourth-order valence-corrected chi connectivity index (χ4v) is 2.22. The third kappa shape index (κ3) is 4.15. The third-order valence-corrected chi connectivity index (χ3v) is 3.51. The normalized spacial score (nSPS) is 10.5. The van der Waals surface area contributed by atoms with Gasteiger partial charge in [-0.1, -0.05) is 0 Å². The summed E-state index contributed by atoms with van der Waals surface area (Å²) in [7, 11) is 5.86. The smallest absolute Gasteiger partial charge is 0.271 e. The van der Waals surface area contributed by atoms with E-state index in [9.17, 15) is 9.90 Å². The Morgan fingerprint density at radius 3 is 2.12 bits per heavy atom. The average Bonchev–Trinajstić information content (AvgIpc) is 2.67. The zero-order valence-corrected chi connectivity index (χ0v) is 14.9. The molecule has 0 saturated heterocycles. The number of aromatic hydroxyl groups is 1. The first kappa shape index (κ1) is 18.9. The van der Waals surface area contributed by atoms with Crippen LogP contribution in [-0.4, -0.2) is 45.7 Å². The predicted molar refractivity (Wildman–Crippen MR) is 95.8 cm³/mol. The van der Waals surface area contributed by atoms with Crippen LogP contribution in [0.3, 0.4) is 0 Å². The van der Waals surface area contributed by atoms with Gasteiger partial charge in [-0.05, 0) is 35.9 Å². The number of carbonyl (C=O) groups is 1. The summed E-state index contributed by atoms with van der Waals surface area (Å²) in [5.41, 5.74) is 3.35. The third-order valence-electron chi connectivity index (χ3n) is 3.51. The molecule has 0 aliphatic heterocycles. The molecule has 0 radical (unpaired) electrons. The van der Waals surface area contributed by atoms with Crippen LogP contribution in [-0.2, 0) is 0 Å². The van der Waals surface area contributed by atoms with Gasteiger partial charge in [0.15, 0.2) is 23.0 Å². The number of ether oxygens (including phenoxy) is 4. The Labute approximate surface area is 151 Å². The van der Waals surface area contributed by atoms with Crippen molar-refractivity contribution in [3.05, 3.63) is 41.5 Å². The summed E-state index contributed by atoms with van der Waals surface area (Å²) >= 11 is 0. The van der Waals surface area contributed by atoms with E-state index in [2.05, 4.69) is 10.5 Å². The molecule has 0 aromatic heterocycles. The number of hydrogen-bond acceptors (Lipinski definition) is 7. The predicted octanol–water partition coefficient (Wildman–Crippen LogP) is 2.19. The van der Waals surface area contributed by atoms with E-state index in [0.29, 0.717) is 34.1 Å². The second-order valence-electron chi connectivity index (χ2n) is 5.04. The van der Waals surface area contributed by atoms with Crippen LogP contribution in [0.1, 0.15) is 15.9 Å². The number of nitrogens with zero attached hydrogens (tertiary/aromatic N) is 1. The molecule has 26 heavy (non-hydrogen) atoms. The van der Waals surface area contributed by atoms with Crippen molar-refractivity contribution in [2.24, 2.45) is 5.10 Å². The Bertz CT molecular complexity index is 794. The number of hydrazone groups is 1. The highest BCUT2D eigenvalue weighted by Crippen LogP contribution is 2.38. The monoisotopic (exact) mass is 360 g/mol. The minimum atomic E-state index is -0.453. The number of methoxy groups -OCH3 is 4. The Balaban J connectivity index is 2.17. The van der Waals surface area contributed by atoms with Gasteiger partial charge in [-0.15, -0.1) is 0 Å². The first-order valence-electron chi connectivity index (χ1n) is 7.54. The van der Waals surface area contributed by atoms with E-state index in [1.165, 1.54) is 52.9 Å². The highest BCUT2D eigenvalue weighted by Gasteiger charge is 2.16. The molecule has 0 fully saturated rings. The van der Waals surface area contributed by atoms with Crippen LogP contribution in [0.15, 0.2) is 35.4 Å². The lowest BCUT2D eigenvalue weighted by molar-refractivity contribution is 0.0954. The molecular weight excluding hydrogens is 340 g/mol. The number of carbonyl (C=O) groups excluding carboxylic acids is 1. The van der Waals surface area contributed by atoms with E-state index in [0.717, 1.165) is 0 Å². The second-order valence-corrected chi connectivity index (χ2v) is 5.04. The summed E-state index contributed by atoms with van der Waals surface area (Å²) in [6.07, 6.45) is 1.43. The largest absolute Gasteiger partial charge is 0.504 e. The summed E-state index contributed by atoms with van der Waals surface area (Å²) < 4.78 is 20.7. The zero-order valence-electron chi connectivity index (χ0n) is 14.9. The SMILES string of the molecule is COc1cc(/C=N\NC(=O)c2cc(OC)c(OC)c(OC)c2)ccc1O. The maximum Gasteiger partial charge on any atom is 0.271 e. The van der Waals surface area contributed by atoms with Gasteiger partial charge < -0.3 is 24.1 Å². The van der Waals surface area contributed by atoms with E-state index in [4.69, 9.17) is 18.9 Å². The number of rotatable bonds is 7. The first-order chi connectivity index (χ1) is 12.5. The van der Waals surface area contributed by atoms with Gasteiger partial charge in [-0.25, -0.2) is 5.43 Å². The molecule has 1 amide bonds. The molecule has 2 rings (SSSR count). The molecule has 2 N–H and O–H groups in total. The minimum Gasteiger partial charge on any atom is -0.504 e. The van der Waals surface area contributed by atoms with Crippen molar-refractivity contribution in [1.82, 2.24) is 5.43 Å². The Kier molecular flexibility index (Phi) is 6.26. The lowest BCUT2D eigenvalue weighted by Gasteiger charge is -2.13. The van der Waals surface area contributed by atoms with Gasteiger partial charge in [0.1, 0.15) is 0 Å². The van der Waals surface area contributed by atoms with E-state index < -0.39 is 5.91 Å². The molecule has 8 nitrogen and oxygen atoms in total. The highest BCUT2D eigenvalue weighted by atomic mass is 16.5. The summed E-state index contributed by atoms with van der Waals surface area (Å²) in [5, 5.41) is 13.5. The number of phenols is 1. The number of phenolic OH excluding ortho intramolecular Hbond substituents is 1. The van der Waals surface area contributed by atoms with Gasteiger partial charge in [-0.3, -0.25) is 4.79 Å². The summed E-state index contributed by atoms with van der Waals surface area (Å²) in [4.78, 5) is 12.3. The molecule has 0 bridgehead atoms. The maximum atomic E-state index is 12.3. The topological polar surface area (TPSA) is 98.6 Å². The van der Waals surface area contributed by atoms with Gasteiger partial charge in [0.25, 0.3) is 5.91 Å². The average molecular weight is 360 g/mol. The molecule has 0 saturated carbocycles.